The van der Waals surface area contributed by atoms with Crippen molar-refractivity contribution in [3.8, 4) is 0 Å². The zero-order valence-corrected chi connectivity index (χ0v) is 13.6. The van der Waals surface area contributed by atoms with Crippen LogP contribution in [0.1, 0.15) is 41.9 Å². The lowest BCUT2D eigenvalue weighted by Gasteiger charge is -2.27. The van der Waals surface area contributed by atoms with Gasteiger partial charge in [-0.1, -0.05) is 12.8 Å². The number of thiophene rings is 1. The molecule has 3 nitrogen and oxygen atoms in total. The molecule has 0 radical (unpaired) electrons. The van der Waals surface area contributed by atoms with Gasteiger partial charge >= 0.3 is 0 Å². The van der Waals surface area contributed by atoms with E-state index in [9.17, 15) is 9.90 Å². The van der Waals surface area contributed by atoms with Crippen LogP contribution in [0.2, 0.25) is 0 Å². The molecular formula is C17H25NO2S. The molecule has 0 aliphatic heterocycles. The van der Waals surface area contributed by atoms with Crippen LogP contribution in [0.4, 0.5) is 0 Å². The first-order chi connectivity index (χ1) is 10.2. The summed E-state index contributed by atoms with van der Waals surface area (Å²) in [6.07, 6.45) is 6.12. The van der Waals surface area contributed by atoms with E-state index in [2.05, 4.69) is 19.1 Å². The quantitative estimate of drug-likeness (QED) is 0.907. The Balaban J connectivity index is 1.69. The Labute approximate surface area is 131 Å². The number of carbonyl (C=O) groups excluding carboxylic acids is 1. The normalized spacial score (nSPS) is 27.8. The lowest BCUT2D eigenvalue weighted by molar-refractivity contribution is -0.138. The summed E-state index contributed by atoms with van der Waals surface area (Å²) < 4.78 is 0. The van der Waals surface area contributed by atoms with E-state index >= 15 is 0 Å². The molecule has 3 rings (SSSR count). The third-order valence-corrected chi connectivity index (χ3v) is 6.21. The molecule has 0 bridgehead atoms. The Morgan fingerprint density at radius 3 is 2.90 bits per heavy atom. The Bertz CT molecular complexity index is 499. The fourth-order valence-corrected chi connectivity index (χ4v) is 5.15. The molecule has 1 amide bonds. The van der Waals surface area contributed by atoms with E-state index in [0.29, 0.717) is 19.0 Å². The highest BCUT2D eigenvalue weighted by Crippen LogP contribution is 2.48. The molecule has 1 heterocycles. The number of hydrogen-bond acceptors (Lipinski definition) is 3. The zero-order valence-electron chi connectivity index (χ0n) is 12.8. The Morgan fingerprint density at radius 2 is 2.19 bits per heavy atom. The maximum absolute atomic E-state index is 12.9. The average molecular weight is 307 g/mol. The smallest absolute Gasteiger partial charge is 0.226 e. The van der Waals surface area contributed by atoms with Crippen molar-refractivity contribution < 1.29 is 9.90 Å². The molecule has 0 saturated heterocycles. The van der Waals surface area contributed by atoms with Crippen molar-refractivity contribution >= 4 is 17.2 Å². The molecule has 1 aromatic heterocycles. The lowest BCUT2D eigenvalue weighted by atomic mass is 9.91. The number of aliphatic hydroxyl groups is 1. The molecule has 1 N–H and O–H groups in total. The van der Waals surface area contributed by atoms with Gasteiger partial charge in [0.25, 0.3) is 0 Å². The van der Waals surface area contributed by atoms with Crippen molar-refractivity contribution in [3.63, 3.8) is 0 Å². The van der Waals surface area contributed by atoms with Gasteiger partial charge in [0.15, 0.2) is 0 Å². The van der Waals surface area contributed by atoms with Crippen LogP contribution in [0, 0.1) is 24.7 Å². The van der Waals surface area contributed by atoms with Gasteiger partial charge in [-0.15, -0.1) is 11.3 Å². The van der Waals surface area contributed by atoms with E-state index in [4.69, 9.17) is 0 Å². The number of aliphatic hydroxyl groups excluding tert-OH is 1. The fraction of sp³-hybridized carbons (Fsp3) is 0.706. The molecule has 0 unspecified atom stereocenters. The van der Waals surface area contributed by atoms with Crippen LogP contribution in [0.15, 0.2) is 12.1 Å². The van der Waals surface area contributed by atoms with Crippen LogP contribution in [-0.4, -0.2) is 29.1 Å². The summed E-state index contributed by atoms with van der Waals surface area (Å²) in [5.74, 6) is 1.90. The molecule has 2 aliphatic carbocycles. The molecular weight excluding hydrogens is 282 g/mol. The second-order valence-corrected chi connectivity index (χ2v) is 7.91. The number of fused-ring (bicyclic) bond motifs is 1. The molecule has 0 aromatic carbocycles. The minimum Gasteiger partial charge on any atom is -0.395 e. The number of carbonyl (C=O) groups is 1. The summed E-state index contributed by atoms with van der Waals surface area (Å²) in [6, 6.07) is 4.20. The summed E-state index contributed by atoms with van der Waals surface area (Å²) in [5, 5.41) is 9.31. The highest BCUT2D eigenvalue weighted by Gasteiger charge is 2.43. The monoisotopic (exact) mass is 307 g/mol. The Hall–Kier alpha value is -0.870. The fourth-order valence-electron chi connectivity index (χ4n) is 4.25. The molecule has 2 fully saturated rings. The molecule has 4 heteroatoms. The molecule has 21 heavy (non-hydrogen) atoms. The van der Waals surface area contributed by atoms with E-state index < -0.39 is 0 Å². The van der Waals surface area contributed by atoms with Crippen LogP contribution >= 0.6 is 11.3 Å². The van der Waals surface area contributed by atoms with Gasteiger partial charge in [0.1, 0.15) is 0 Å². The molecule has 1 aromatic rings. The maximum Gasteiger partial charge on any atom is 0.226 e. The maximum atomic E-state index is 12.9. The number of nitrogens with zero attached hydrogens (tertiary/aromatic N) is 1. The summed E-state index contributed by atoms with van der Waals surface area (Å²) in [5.41, 5.74) is 0. The van der Waals surface area contributed by atoms with Crippen LogP contribution < -0.4 is 0 Å². The summed E-state index contributed by atoms with van der Waals surface area (Å²) >= 11 is 1.75. The van der Waals surface area contributed by atoms with Crippen molar-refractivity contribution in [1.82, 2.24) is 4.90 Å². The number of aryl methyl sites for hydroxylation is 1. The minimum atomic E-state index is 0.0525. The van der Waals surface area contributed by atoms with Gasteiger partial charge in [-0.3, -0.25) is 4.79 Å². The number of hydrogen-bond donors (Lipinski definition) is 1. The largest absolute Gasteiger partial charge is 0.395 e. The summed E-state index contributed by atoms with van der Waals surface area (Å²) in [7, 11) is 0. The molecule has 0 spiro atoms. The van der Waals surface area contributed by atoms with Crippen molar-refractivity contribution in [3.05, 3.63) is 21.9 Å². The Kier molecular flexibility index (Phi) is 4.65. The van der Waals surface area contributed by atoms with Crippen molar-refractivity contribution in [2.45, 2.75) is 45.6 Å². The van der Waals surface area contributed by atoms with E-state index in [1.165, 1.54) is 35.4 Å². The highest BCUT2D eigenvalue weighted by atomic mass is 32.1. The predicted molar refractivity (Wildman–Crippen MR) is 85.1 cm³/mol. The van der Waals surface area contributed by atoms with Crippen LogP contribution in [0.5, 0.6) is 0 Å². The van der Waals surface area contributed by atoms with E-state index in [1.54, 1.807) is 11.3 Å². The van der Waals surface area contributed by atoms with Gasteiger partial charge < -0.3 is 10.0 Å². The summed E-state index contributed by atoms with van der Waals surface area (Å²) in [6.45, 7) is 3.26. The van der Waals surface area contributed by atoms with Gasteiger partial charge in [0, 0.05) is 22.2 Å². The predicted octanol–water partition coefficient (Wildman–Crippen LogP) is 3.20. The number of rotatable bonds is 5. The molecule has 3 atom stereocenters. The first-order valence-electron chi connectivity index (χ1n) is 8.14. The standard InChI is InChI=1S/C17H25NO2S/c1-12-5-7-14(21-12)11-18(9-10-19)17(20)16-8-6-13-3-2-4-15(13)16/h5,7,13,15-16,19H,2-4,6,8-11H2,1H3/t13-,15-,16-/m0/s1. The van der Waals surface area contributed by atoms with Gasteiger partial charge in [0.2, 0.25) is 5.91 Å². The molecule has 2 saturated carbocycles. The van der Waals surface area contributed by atoms with Crippen molar-refractivity contribution in [2.75, 3.05) is 13.2 Å². The molecule has 2 aliphatic rings. The van der Waals surface area contributed by atoms with E-state index in [-0.39, 0.29) is 18.4 Å². The second-order valence-electron chi connectivity index (χ2n) is 6.53. The SMILES string of the molecule is Cc1ccc(CN(CCO)C(=O)[C@H]2CC[C@@H]3CCC[C@@H]32)s1. The first kappa shape index (κ1) is 15.0. The van der Waals surface area contributed by atoms with Crippen LogP contribution in [0.3, 0.4) is 0 Å². The first-order valence-corrected chi connectivity index (χ1v) is 8.95. The Morgan fingerprint density at radius 1 is 1.33 bits per heavy atom. The topological polar surface area (TPSA) is 40.5 Å². The average Bonchev–Trinajstić information content (AvgIpc) is 3.14. The minimum absolute atomic E-state index is 0.0525. The number of amides is 1. The third kappa shape index (κ3) is 3.16. The second kappa shape index (κ2) is 6.49. The van der Waals surface area contributed by atoms with Gasteiger partial charge in [0.05, 0.1) is 13.2 Å². The van der Waals surface area contributed by atoms with Gasteiger partial charge in [-0.25, -0.2) is 0 Å². The zero-order chi connectivity index (χ0) is 14.8. The van der Waals surface area contributed by atoms with E-state index in [0.717, 1.165) is 12.3 Å². The highest BCUT2D eigenvalue weighted by molar-refractivity contribution is 7.11. The van der Waals surface area contributed by atoms with Crippen molar-refractivity contribution in [1.29, 1.82) is 0 Å². The summed E-state index contributed by atoms with van der Waals surface area (Å²) in [4.78, 5) is 17.3. The van der Waals surface area contributed by atoms with Crippen LogP contribution in [-0.2, 0) is 11.3 Å². The third-order valence-electron chi connectivity index (χ3n) is 5.22. The van der Waals surface area contributed by atoms with Crippen LogP contribution in [0.25, 0.3) is 0 Å². The van der Waals surface area contributed by atoms with Gasteiger partial charge in [-0.2, -0.15) is 0 Å². The van der Waals surface area contributed by atoms with E-state index in [1.807, 2.05) is 4.90 Å². The molecule has 116 valence electrons. The lowest BCUT2D eigenvalue weighted by Crippen LogP contribution is -2.38. The van der Waals surface area contributed by atoms with Crippen molar-refractivity contribution in [2.24, 2.45) is 17.8 Å². The van der Waals surface area contributed by atoms with Gasteiger partial charge in [-0.05, 0) is 50.2 Å².